The Kier molecular flexibility index (Phi) is 9.27. The van der Waals surface area contributed by atoms with E-state index in [1.54, 1.807) is 0 Å². The Bertz CT molecular complexity index is 632. The minimum absolute atomic E-state index is 0.00621. The number of ether oxygens (including phenoxy) is 2. The molecule has 0 saturated heterocycles. The lowest BCUT2D eigenvalue weighted by Gasteiger charge is -2.37. The number of rotatable bonds is 10. The number of hydrogen-bond acceptors (Lipinski definition) is 2. The predicted octanol–water partition coefficient (Wildman–Crippen LogP) is 7.94. The van der Waals surface area contributed by atoms with Crippen molar-refractivity contribution in [2.45, 2.75) is 90.9 Å². The first kappa shape index (κ1) is 23.3. The molecule has 30 heavy (non-hydrogen) atoms. The Labute approximate surface area is 181 Å². The fourth-order valence-electron chi connectivity index (χ4n) is 5.45. The summed E-state index contributed by atoms with van der Waals surface area (Å²) in [5.41, 5.74) is 0. The van der Waals surface area contributed by atoms with E-state index in [-0.39, 0.29) is 11.5 Å². The SMILES string of the molecule is CCCCOc1ccc(OCC2CCC(C3CCC(CCC)CC3)CC2)c(F)c1F. The number of benzene rings is 1. The lowest BCUT2D eigenvalue weighted by molar-refractivity contribution is 0.120. The molecule has 0 radical (unpaired) electrons. The van der Waals surface area contributed by atoms with Gasteiger partial charge < -0.3 is 9.47 Å². The maximum Gasteiger partial charge on any atom is 0.204 e. The second kappa shape index (κ2) is 11.9. The largest absolute Gasteiger partial charge is 0.490 e. The first-order chi connectivity index (χ1) is 14.6. The zero-order valence-corrected chi connectivity index (χ0v) is 18.9. The third kappa shape index (κ3) is 6.34. The normalized spacial score (nSPS) is 27.1. The number of hydrogen-bond donors (Lipinski definition) is 0. The van der Waals surface area contributed by atoms with E-state index in [0.717, 1.165) is 43.4 Å². The molecule has 2 aliphatic rings. The molecule has 0 spiro atoms. The molecule has 2 nitrogen and oxygen atoms in total. The molecular formula is C26H40F2O2. The van der Waals surface area contributed by atoms with E-state index in [4.69, 9.17) is 9.47 Å². The molecule has 0 N–H and O–H groups in total. The van der Waals surface area contributed by atoms with Gasteiger partial charge in [-0.1, -0.05) is 46.0 Å². The maximum atomic E-state index is 14.3. The summed E-state index contributed by atoms with van der Waals surface area (Å²) in [6, 6.07) is 2.98. The summed E-state index contributed by atoms with van der Waals surface area (Å²) in [6.45, 7) is 5.20. The van der Waals surface area contributed by atoms with Crippen molar-refractivity contribution >= 4 is 0 Å². The third-order valence-electron chi connectivity index (χ3n) is 7.39. The number of halogens is 2. The second-order valence-electron chi connectivity index (χ2n) is 9.55. The van der Waals surface area contributed by atoms with Crippen molar-refractivity contribution in [1.82, 2.24) is 0 Å². The van der Waals surface area contributed by atoms with Crippen molar-refractivity contribution in [2.24, 2.45) is 23.7 Å². The van der Waals surface area contributed by atoms with E-state index in [2.05, 4.69) is 6.92 Å². The first-order valence-corrected chi connectivity index (χ1v) is 12.4. The third-order valence-corrected chi connectivity index (χ3v) is 7.39. The van der Waals surface area contributed by atoms with Crippen molar-refractivity contribution in [3.63, 3.8) is 0 Å². The highest BCUT2D eigenvalue weighted by Gasteiger charge is 2.31. The Balaban J connectivity index is 1.41. The number of unbranched alkanes of at least 4 members (excludes halogenated alkanes) is 1. The molecule has 1 aromatic rings. The van der Waals surface area contributed by atoms with Crippen molar-refractivity contribution in [3.05, 3.63) is 23.8 Å². The second-order valence-corrected chi connectivity index (χ2v) is 9.55. The summed E-state index contributed by atoms with van der Waals surface area (Å²) < 4.78 is 39.6. The van der Waals surface area contributed by atoms with Crippen LogP contribution < -0.4 is 9.47 Å². The van der Waals surface area contributed by atoms with E-state index < -0.39 is 11.6 Å². The average molecular weight is 423 g/mol. The van der Waals surface area contributed by atoms with Crippen LogP contribution in [0.5, 0.6) is 11.5 Å². The van der Waals surface area contributed by atoms with Gasteiger partial charge in [-0.05, 0) is 80.8 Å². The Hall–Kier alpha value is -1.32. The Morgan fingerprint density at radius 3 is 1.80 bits per heavy atom. The van der Waals surface area contributed by atoms with Crippen LogP contribution in [0.3, 0.4) is 0 Å². The summed E-state index contributed by atoms with van der Waals surface area (Å²) in [7, 11) is 0. The van der Waals surface area contributed by atoms with Gasteiger partial charge in [0, 0.05) is 0 Å². The summed E-state index contributed by atoms with van der Waals surface area (Å²) >= 11 is 0. The average Bonchev–Trinajstić information content (AvgIpc) is 2.77. The summed E-state index contributed by atoms with van der Waals surface area (Å²) in [4.78, 5) is 0. The molecule has 170 valence electrons. The van der Waals surface area contributed by atoms with Crippen molar-refractivity contribution < 1.29 is 18.3 Å². The molecule has 0 heterocycles. The van der Waals surface area contributed by atoms with E-state index in [0.29, 0.717) is 19.1 Å². The van der Waals surface area contributed by atoms with Crippen LogP contribution in [0.4, 0.5) is 8.78 Å². The molecule has 0 unspecified atom stereocenters. The zero-order valence-electron chi connectivity index (χ0n) is 18.9. The minimum atomic E-state index is -0.939. The lowest BCUT2D eigenvalue weighted by atomic mass is 9.69. The molecule has 0 aromatic heterocycles. The van der Waals surface area contributed by atoms with E-state index >= 15 is 0 Å². The highest BCUT2D eigenvalue weighted by Crippen LogP contribution is 2.42. The van der Waals surface area contributed by atoms with Gasteiger partial charge in [-0.3, -0.25) is 0 Å². The molecule has 0 atom stereocenters. The highest BCUT2D eigenvalue weighted by molar-refractivity contribution is 5.35. The smallest absolute Gasteiger partial charge is 0.204 e. The van der Waals surface area contributed by atoms with Crippen LogP contribution in [-0.2, 0) is 0 Å². The molecule has 0 aliphatic heterocycles. The van der Waals surface area contributed by atoms with Gasteiger partial charge in [0.05, 0.1) is 13.2 Å². The van der Waals surface area contributed by atoms with E-state index in [9.17, 15) is 8.78 Å². The molecule has 0 bridgehead atoms. The van der Waals surface area contributed by atoms with Crippen LogP contribution in [0.15, 0.2) is 12.1 Å². The van der Waals surface area contributed by atoms with Crippen LogP contribution in [0, 0.1) is 35.3 Å². The topological polar surface area (TPSA) is 18.5 Å². The van der Waals surface area contributed by atoms with E-state index in [1.807, 2.05) is 6.92 Å². The van der Waals surface area contributed by atoms with Gasteiger partial charge in [0.25, 0.3) is 0 Å². The van der Waals surface area contributed by atoms with Crippen molar-refractivity contribution in [2.75, 3.05) is 13.2 Å². The maximum absolute atomic E-state index is 14.3. The first-order valence-electron chi connectivity index (χ1n) is 12.4. The van der Waals surface area contributed by atoms with Crippen LogP contribution >= 0.6 is 0 Å². The van der Waals surface area contributed by atoms with Gasteiger partial charge in [-0.15, -0.1) is 0 Å². The van der Waals surface area contributed by atoms with Gasteiger partial charge in [-0.25, -0.2) is 0 Å². The fraction of sp³-hybridized carbons (Fsp3) is 0.769. The molecule has 2 saturated carbocycles. The highest BCUT2D eigenvalue weighted by atomic mass is 19.2. The molecule has 1 aromatic carbocycles. The Morgan fingerprint density at radius 2 is 1.27 bits per heavy atom. The Morgan fingerprint density at radius 1 is 0.733 bits per heavy atom. The quantitative estimate of drug-likeness (QED) is 0.356. The van der Waals surface area contributed by atoms with Crippen LogP contribution in [-0.4, -0.2) is 13.2 Å². The molecule has 2 aliphatic carbocycles. The summed E-state index contributed by atoms with van der Waals surface area (Å²) in [5.74, 6) is 1.29. The van der Waals surface area contributed by atoms with Gasteiger partial charge in [0.1, 0.15) is 0 Å². The summed E-state index contributed by atoms with van der Waals surface area (Å²) in [5, 5.41) is 0. The minimum Gasteiger partial charge on any atom is -0.490 e. The summed E-state index contributed by atoms with van der Waals surface area (Å²) in [6.07, 6.45) is 15.0. The lowest BCUT2D eigenvalue weighted by Crippen LogP contribution is -2.27. The van der Waals surface area contributed by atoms with Gasteiger partial charge in [0.15, 0.2) is 11.5 Å². The monoisotopic (exact) mass is 422 g/mol. The molecule has 2 fully saturated rings. The molecule has 3 rings (SSSR count). The molecule has 0 amide bonds. The van der Waals surface area contributed by atoms with Crippen molar-refractivity contribution in [3.8, 4) is 11.5 Å². The fourth-order valence-corrected chi connectivity index (χ4v) is 5.45. The van der Waals surface area contributed by atoms with Crippen LogP contribution in [0.1, 0.15) is 90.9 Å². The van der Waals surface area contributed by atoms with Crippen LogP contribution in [0.25, 0.3) is 0 Å². The zero-order chi connectivity index (χ0) is 21.3. The van der Waals surface area contributed by atoms with Gasteiger partial charge in [0.2, 0.25) is 11.6 Å². The van der Waals surface area contributed by atoms with Gasteiger partial charge >= 0.3 is 0 Å². The predicted molar refractivity (Wildman–Crippen MR) is 118 cm³/mol. The molecular weight excluding hydrogens is 382 g/mol. The van der Waals surface area contributed by atoms with Crippen molar-refractivity contribution in [1.29, 1.82) is 0 Å². The van der Waals surface area contributed by atoms with Gasteiger partial charge in [-0.2, -0.15) is 8.78 Å². The standard InChI is InChI=1S/C26H40F2O2/c1-3-5-17-29-23-15-16-24(26(28)25(23)27)30-18-20-9-13-22(14-10-20)21-11-7-19(6-4-2)8-12-21/h15-16,19-22H,3-14,17-18H2,1-2H3. The van der Waals surface area contributed by atoms with Crippen LogP contribution in [0.2, 0.25) is 0 Å². The molecule has 4 heteroatoms. The van der Waals surface area contributed by atoms with E-state index in [1.165, 1.54) is 63.5 Å².